The highest BCUT2D eigenvalue weighted by Crippen LogP contribution is 2.33. The van der Waals surface area contributed by atoms with Gasteiger partial charge in [-0.25, -0.2) is 12.8 Å². The standard InChI is InChI=1S/C22H24FNO5S/c1-14-4-6-15(7-5-14)16-8-9-17-18(20(16)23)12-24(21(17)27)11-10-22(2,19(26)13-25)30(3,28)29/h4-9,25H,10-13H2,1-3H3/t22-/m1/s1. The van der Waals surface area contributed by atoms with E-state index in [2.05, 4.69) is 0 Å². The lowest BCUT2D eigenvalue weighted by atomic mass is 9.99. The fourth-order valence-corrected chi connectivity index (χ4v) is 4.53. The van der Waals surface area contributed by atoms with Gasteiger partial charge in [0.1, 0.15) is 17.2 Å². The van der Waals surface area contributed by atoms with Crippen molar-refractivity contribution in [3.8, 4) is 11.1 Å². The normalized spacial score (nSPS) is 15.8. The zero-order chi connectivity index (χ0) is 22.3. The molecule has 160 valence electrons. The molecule has 0 aliphatic carbocycles. The Morgan fingerprint density at radius 1 is 1.17 bits per heavy atom. The number of ketones is 1. The Balaban J connectivity index is 1.86. The molecule has 0 unspecified atom stereocenters. The van der Waals surface area contributed by atoms with Crippen molar-refractivity contribution in [2.75, 3.05) is 19.4 Å². The lowest BCUT2D eigenvalue weighted by Crippen LogP contribution is -2.47. The molecule has 0 radical (unpaired) electrons. The molecule has 1 atom stereocenters. The molecule has 2 aromatic rings. The largest absolute Gasteiger partial charge is 0.389 e. The third-order valence-corrected chi connectivity index (χ3v) is 7.95. The van der Waals surface area contributed by atoms with Crippen molar-refractivity contribution in [3.63, 3.8) is 0 Å². The van der Waals surface area contributed by atoms with Crippen LogP contribution in [-0.2, 0) is 21.2 Å². The van der Waals surface area contributed by atoms with E-state index >= 15 is 4.39 Å². The monoisotopic (exact) mass is 433 g/mol. The van der Waals surface area contributed by atoms with Crippen molar-refractivity contribution in [2.45, 2.75) is 31.6 Å². The van der Waals surface area contributed by atoms with Crippen molar-refractivity contribution in [2.24, 2.45) is 0 Å². The Morgan fingerprint density at radius 2 is 1.77 bits per heavy atom. The molecule has 0 spiro atoms. The second-order valence-electron chi connectivity index (χ2n) is 7.88. The van der Waals surface area contributed by atoms with Gasteiger partial charge in [0, 0.05) is 36.0 Å². The zero-order valence-corrected chi connectivity index (χ0v) is 17.9. The van der Waals surface area contributed by atoms with Gasteiger partial charge in [-0.3, -0.25) is 9.59 Å². The number of carbonyl (C=O) groups is 2. The lowest BCUT2D eigenvalue weighted by molar-refractivity contribution is -0.124. The first-order valence-electron chi connectivity index (χ1n) is 9.51. The third kappa shape index (κ3) is 3.77. The zero-order valence-electron chi connectivity index (χ0n) is 17.1. The number of sulfone groups is 1. The number of hydrogen-bond acceptors (Lipinski definition) is 5. The average Bonchev–Trinajstić information content (AvgIpc) is 3.02. The van der Waals surface area contributed by atoms with Crippen LogP contribution in [0.3, 0.4) is 0 Å². The molecule has 2 aromatic carbocycles. The van der Waals surface area contributed by atoms with Gasteiger partial charge < -0.3 is 10.0 Å². The molecule has 0 fully saturated rings. The van der Waals surface area contributed by atoms with Gasteiger partial charge in [-0.05, 0) is 31.9 Å². The van der Waals surface area contributed by atoms with E-state index in [1.54, 1.807) is 12.1 Å². The van der Waals surface area contributed by atoms with E-state index in [-0.39, 0.29) is 30.6 Å². The van der Waals surface area contributed by atoms with Gasteiger partial charge in [0.2, 0.25) is 0 Å². The number of aryl methyl sites for hydroxylation is 1. The number of benzene rings is 2. The Kier molecular flexibility index (Phi) is 5.84. The maximum Gasteiger partial charge on any atom is 0.254 e. The number of halogens is 1. The predicted molar refractivity (Wildman–Crippen MR) is 111 cm³/mol. The quantitative estimate of drug-likeness (QED) is 0.725. The lowest BCUT2D eigenvalue weighted by Gasteiger charge is -2.27. The van der Waals surface area contributed by atoms with Gasteiger partial charge in [-0.2, -0.15) is 0 Å². The van der Waals surface area contributed by atoms with Crippen molar-refractivity contribution in [1.82, 2.24) is 4.90 Å². The summed E-state index contributed by atoms with van der Waals surface area (Å²) in [6.07, 6.45) is 0.742. The van der Waals surface area contributed by atoms with E-state index in [0.717, 1.165) is 11.8 Å². The summed E-state index contributed by atoms with van der Waals surface area (Å²) in [6.45, 7) is 2.21. The van der Waals surface area contributed by atoms with Crippen LogP contribution < -0.4 is 0 Å². The molecule has 1 amide bonds. The van der Waals surface area contributed by atoms with E-state index in [0.29, 0.717) is 11.1 Å². The first-order valence-corrected chi connectivity index (χ1v) is 11.4. The molecule has 0 aromatic heterocycles. The first-order chi connectivity index (χ1) is 14.0. The Bertz CT molecular complexity index is 1110. The minimum Gasteiger partial charge on any atom is -0.389 e. The molecular weight excluding hydrogens is 409 g/mol. The van der Waals surface area contributed by atoms with Gasteiger partial charge in [-0.1, -0.05) is 35.9 Å². The van der Waals surface area contributed by atoms with Gasteiger partial charge >= 0.3 is 0 Å². The van der Waals surface area contributed by atoms with Gasteiger partial charge in [0.15, 0.2) is 15.6 Å². The van der Waals surface area contributed by atoms with E-state index < -0.39 is 38.7 Å². The van der Waals surface area contributed by atoms with Gasteiger partial charge in [0.05, 0.1) is 0 Å². The summed E-state index contributed by atoms with van der Waals surface area (Å²) < 4.78 is 37.7. The summed E-state index contributed by atoms with van der Waals surface area (Å²) in [5, 5.41) is 9.17. The number of fused-ring (bicyclic) bond motifs is 1. The van der Waals surface area contributed by atoms with Gasteiger partial charge in [-0.15, -0.1) is 0 Å². The van der Waals surface area contributed by atoms with Crippen LogP contribution in [0.4, 0.5) is 4.39 Å². The van der Waals surface area contributed by atoms with E-state index in [1.807, 2.05) is 31.2 Å². The van der Waals surface area contributed by atoms with Crippen molar-refractivity contribution in [3.05, 3.63) is 58.9 Å². The average molecular weight is 434 g/mol. The molecular formula is C22H24FNO5S. The van der Waals surface area contributed by atoms with Crippen LogP contribution in [0.15, 0.2) is 36.4 Å². The number of aliphatic hydroxyl groups is 1. The SMILES string of the molecule is Cc1ccc(-c2ccc3c(c2F)CN(CC[C@](C)(C(=O)CO)S(C)(=O)=O)C3=O)cc1. The smallest absolute Gasteiger partial charge is 0.254 e. The highest BCUT2D eigenvalue weighted by atomic mass is 32.2. The summed E-state index contributed by atoms with van der Waals surface area (Å²) >= 11 is 0. The van der Waals surface area contributed by atoms with Crippen LogP contribution in [0.25, 0.3) is 11.1 Å². The maximum atomic E-state index is 15.2. The summed E-state index contributed by atoms with van der Waals surface area (Å²) in [4.78, 5) is 26.1. The molecule has 8 heteroatoms. The van der Waals surface area contributed by atoms with E-state index in [9.17, 15) is 18.0 Å². The molecule has 6 nitrogen and oxygen atoms in total. The number of amides is 1. The number of nitrogens with zero attached hydrogens (tertiary/aromatic N) is 1. The summed E-state index contributed by atoms with van der Waals surface area (Å²) in [6, 6.07) is 10.5. The second kappa shape index (κ2) is 7.92. The molecule has 1 heterocycles. The van der Waals surface area contributed by atoms with Gasteiger partial charge in [0.25, 0.3) is 5.91 Å². The molecule has 1 aliphatic heterocycles. The number of rotatable bonds is 7. The molecule has 30 heavy (non-hydrogen) atoms. The summed E-state index contributed by atoms with van der Waals surface area (Å²) in [5.41, 5.74) is 2.63. The van der Waals surface area contributed by atoms with Crippen LogP contribution in [0.5, 0.6) is 0 Å². The fourth-order valence-electron chi connectivity index (χ4n) is 3.59. The maximum absolute atomic E-state index is 15.2. The molecule has 3 rings (SSSR count). The third-order valence-electron chi connectivity index (χ3n) is 5.88. The minimum atomic E-state index is -3.83. The Morgan fingerprint density at radius 3 is 2.33 bits per heavy atom. The van der Waals surface area contributed by atoms with Crippen LogP contribution >= 0.6 is 0 Å². The van der Waals surface area contributed by atoms with E-state index in [4.69, 9.17) is 5.11 Å². The molecule has 0 bridgehead atoms. The molecule has 1 N–H and O–H groups in total. The molecule has 0 saturated heterocycles. The highest BCUT2D eigenvalue weighted by Gasteiger charge is 2.43. The second-order valence-corrected chi connectivity index (χ2v) is 10.3. The Labute approximate surface area is 175 Å². The summed E-state index contributed by atoms with van der Waals surface area (Å²) in [5.74, 6) is -1.72. The highest BCUT2D eigenvalue weighted by molar-refractivity contribution is 7.92. The summed E-state index contributed by atoms with van der Waals surface area (Å²) in [7, 11) is -3.83. The van der Waals surface area contributed by atoms with E-state index in [1.165, 1.54) is 11.8 Å². The number of hydrogen-bond donors (Lipinski definition) is 1. The number of carbonyl (C=O) groups excluding carboxylic acids is 2. The van der Waals surface area contributed by atoms with Crippen molar-refractivity contribution in [1.29, 1.82) is 0 Å². The fraction of sp³-hybridized carbons (Fsp3) is 0.364. The minimum absolute atomic E-state index is 0.00708. The van der Waals surface area contributed by atoms with Crippen molar-refractivity contribution >= 4 is 21.5 Å². The van der Waals surface area contributed by atoms with Crippen LogP contribution in [0.2, 0.25) is 0 Å². The predicted octanol–water partition coefficient (Wildman–Crippen LogP) is 2.51. The number of Topliss-reactive ketones (excluding diaryl/α,β-unsaturated/α-hetero) is 1. The number of aliphatic hydroxyl groups excluding tert-OH is 1. The molecule has 0 saturated carbocycles. The topological polar surface area (TPSA) is 91.8 Å². The van der Waals surface area contributed by atoms with Crippen molar-refractivity contribution < 1.29 is 27.5 Å². The van der Waals surface area contributed by atoms with Crippen LogP contribution in [-0.4, -0.2) is 54.3 Å². The molecule has 1 aliphatic rings. The van der Waals surface area contributed by atoms with Crippen LogP contribution in [0, 0.1) is 12.7 Å². The Hall–Kier alpha value is -2.58. The van der Waals surface area contributed by atoms with Crippen LogP contribution in [0.1, 0.15) is 34.8 Å². The first kappa shape index (κ1) is 22.1.